The van der Waals surface area contributed by atoms with Gasteiger partial charge in [0.15, 0.2) is 0 Å². The van der Waals surface area contributed by atoms with Crippen molar-refractivity contribution in [2.24, 2.45) is 0 Å². The molecule has 1 nitrogen and oxygen atoms in total. The quantitative estimate of drug-likeness (QED) is 0.811. The Hall–Kier alpha value is -1.26. The number of halogens is 3. The molecule has 0 heterocycles. The number of hydrogen-bond acceptors (Lipinski definition) is 1. The molecule has 0 aliphatic rings. The van der Waals surface area contributed by atoms with Crippen molar-refractivity contribution in [2.75, 3.05) is 6.54 Å². The third kappa shape index (κ3) is 3.50. The molecule has 21 heavy (non-hydrogen) atoms. The molecule has 2 aromatic carbocycles. The van der Waals surface area contributed by atoms with Crippen molar-refractivity contribution in [3.05, 3.63) is 68.7 Å². The number of hydrogen-bond donors (Lipinski definition) is 1. The van der Waals surface area contributed by atoms with Crippen molar-refractivity contribution in [2.45, 2.75) is 26.8 Å². The SMILES string of the molecule is CCNC(c1cc(C)c(Br)cc1C)c1ccc(F)cc1F. The van der Waals surface area contributed by atoms with Crippen LogP contribution in [-0.2, 0) is 0 Å². The average Bonchev–Trinajstić information content (AvgIpc) is 2.41. The molecule has 1 N–H and O–H groups in total. The van der Waals surface area contributed by atoms with Gasteiger partial charge in [0.2, 0.25) is 0 Å². The van der Waals surface area contributed by atoms with Gasteiger partial charge >= 0.3 is 0 Å². The van der Waals surface area contributed by atoms with Crippen LogP contribution in [0.25, 0.3) is 0 Å². The summed E-state index contributed by atoms with van der Waals surface area (Å²) < 4.78 is 28.3. The van der Waals surface area contributed by atoms with Crippen LogP contribution in [0, 0.1) is 25.5 Å². The van der Waals surface area contributed by atoms with Crippen LogP contribution in [-0.4, -0.2) is 6.54 Å². The maximum Gasteiger partial charge on any atom is 0.131 e. The minimum atomic E-state index is -0.560. The molecule has 4 heteroatoms. The van der Waals surface area contributed by atoms with Crippen LogP contribution in [0.3, 0.4) is 0 Å². The standard InChI is InChI=1S/C17H18BrF2N/c1-4-21-17(13-6-5-12(19)9-16(13)20)14-7-11(3)15(18)8-10(14)2/h5-9,17,21H,4H2,1-3H3. The summed E-state index contributed by atoms with van der Waals surface area (Å²) in [6, 6.07) is 7.51. The first kappa shape index (κ1) is 16.1. The van der Waals surface area contributed by atoms with E-state index in [0.717, 1.165) is 27.2 Å². The summed E-state index contributed by atoms with van der Waals surface area (Å²) in [6.45, 7) is 6.65. The molecule has 2 aromatic rings. The van der Waals surface area contributed by atoms with Crippen LogP contribution in [0.2, 0.25) is 0 Å². The average molecular weight is 354 g/mol. The molecule has 0 aromatic heterocycles. The molecular formula is C17H18BrF2N. The van der Waals surface area contributed by atoms with E-state index in [1.807, 2.05) is 32.9 Å². The lowest BCUT2D eigenvalue weighted by Crippen LogP contribution is -2.24. The van der Waals surface area contributed by atoms with Crippen molar-refractivity contribution in [1.29, 1.82) is 0 Å². The fourth-order valence-electron chi connectivity index (χ4n) is 2.44. The van der Waals surface area contributed by atoms with Crippen molar-refractivity contribution in [3.8, 4) is 0 Å². The molecule has 0 aliphatic heterocycles. The molecule has 0 saturated heterocycles. The summed E-state index contributed by atoms with van der Waals surface area (Å²) in [7, 11) is 0. The Balaban J connectivity index is 2.55. The van der Waals surface area contributed by atoms with Crippen LogP contribution in [0.15, 0.2) is 34.8 Å². The Bertz CT molecular complexity index is 655. The van der Waals surface area contributed by atoms with E-state index < -0.39 is 11.6 Å². The van der Waals surface area contributed by atoms with Crippen LogP contribution in [0.5, 0.6) is 0 Å². The van der Waals surface area contributed by atoms with Gasteiger partial charge in [0, 0.05) is 16.1 Å². The minimum absolute atomic E-state index is 0.289. The first-order chi connectivity index (χ1) is 9.93. The van der Waals surface area contributed by atoms with E-state index in [2.05, 4.69) is 21.2 Å². The maximum absolute atomic E-state index is 14.1. The van der Waals surface area contributed by atoms with Crippen LogP contribution in [0.1, 0.15) is 35.2 Å². The highest BCUT2D eigenvalue weighted by atomic mass is 79.9. The van der Waals surface area contributed by atoms with E-state index in [9.17, 15) is 8.78 Å². The molecular weight excluding hydrogens is 336 g/mol. The summed E-state index contributed by atoms with van der Waals surface area (Å²) in [6.07, 6.45) is 0. The molecule has 0 bridgehead atoms. The van der Waals surface area contributed by atoms with E-state index in [1.54, 1.807) is 0 Å². The molecule has 0 amide bonds. The highest BCUT2D eigenvalue weighted by Crippen LogP contribution is 2.30. The van der Waals surface area contributed by atoms with E-state index in [4.69, 9.17) is 0 Å². The van der Waals surface area contributed by atoms with Gasteiger partial charge in [-0.2, -0.15) is 0 Å². The highest BCUT2D eigenvalue weighted by molar-refractivity contribution is 9.10. The second-order valence-electron chi connectivity index (χ2n) is 5.11. The molecule has 112 valence electrons. The molecule has 0 radical (unpaired) electrons. The molecule has 1 unspecified atom stereocenters. The zero-order valence-corrected chi connectivity index (χ0v) is 13.9. The van der Waals surface area contributed by atoms with E-state index in [1.165, 1.54) is 12.1 Å². The van der Waals surface area contributed by atoms with Gasteiger partial charge in [-0.05, 0) is 49.2 Å². The highest BCUT2D eigenvalue weighted by Gasteiger charge is 2.20. The van der Waals surface area contributed by atoms with Crippen LogP contribution in [0.4, 0.5) is 8.78 Å². The predicted molar refractivity (Wildman–Crippen MR) is 85.5 cm³/mol. The molecule has 0 fully saturated rings. The van der Waals surface area contributed by atoms with Crippen molar-refractivity contribution in [1.82, 2.24) is 5.32 Å². The third-order valence-electron chi connectivity index (χ3n) is 3.54. The Morgan fingerprint density at radius 3 is 2.38 bits per heavy atom. The molecule has 0 spiro atoms. The largest absolute Gasteiger partial charge is 0.306 e. The van der Waals surface area contributed by atoms with Gasteiger partial charge in [-0.15, -0.1) is 0 Å². The van der Waals surface area contributed by atoms with Gasteiger partial charge in [-0.3, -0.25) is 0 Å². The Kier molecular flexibility index (Phi) is 5.12. The number of nitrogens with one attached hydrogen (secondary N) is 1. The monoisotopic (exact) mass is 353 g/mol. The topological polar surface area (TPSA) is 12.0 Å². The van der Waals surface area contributed by atoms with E-state index in [-0.39, 0.29) is 6.04 Å². The normalized spacial score (nSPS) is 12.5. The van der Waals surface area contributed by atoms with Crippen LogP contribution >= 0.6 is 15.9 Å². The zero-order chi connectivity index (χ0) is 15.6. The fourth-order valence-corrected chi connectivity index (χ4v) is 2.90. The van der Waals surface area contributed by atoms with E-state index >= 15 is 0 Å². The summed E-state index contributed by atoms with van der Waals surface area (Å²) >= 11 is 3.50. The van der Waals surface area contributed by atoms with Gasteiger partial charge < -0.3 is 5.32 Å². The molecule has 0 aliphatic carbocycles. The summed E-state index contributed by atoms with van der Waals surface area (Å²) in [5.41, 5.74) is 3.61. The Labute approximate surface area is 132 Å². The van der Waals surface area contributed by atoms with Gasteiger partial charge in [-0.25, -0.2) is 8.78 Å². The second-order valence-corrected chi connectivity index (χ2v) is 5.97. The van der Waals surface area contributed by atoms with Gasteiger partial charge in [0.25, 0.3) is 0 Å². The first-order valence-corrected chi connectivity index (χ1v) is 7.68. The fraction of sp³-hybridized carbons (Fsp3) is 0.294. The van der Waals surface area contributed by atoms with Gasteiger partial charge in [0.05, 0.1) is 6.04 Å². The third-order valence-corrected chi connectivity index (χ3v) is 4.39. The summed E-state index contributed by atoms with van der Waals surface area (Å²) in [5.74, 6) is -1.09. The summed E-state index contributed by atoms with van der Waals surface area (Å²) in [4.78, 5) is 0. The molecule has 2 rings (SSSR count). The number of rotatable bonds is 4. The molecule has 0 saturated carbocycles. The van der Waals surface area contributed by atoms with Crippen molar-refractivity contribution < 1.29 is 8.78 Å². The Morgan fingerprint density at radius 1 is 1.05 bits per heavy atom. The Morgan fingerprint density at radius 2 is 1.76 bits per heavy atom. The lowest BCUT2D eigenvalue weighted by atomic mass is 9.93. The minimum Gasteiger partial charge on any atom is -0.306 e. The second kappa shape index (κ2) is 6.67. The van der Waals surface area contributed by atoms with Crippen LogP contribution < -0.4 is 5.32 Å². The number of benzene rings is 2. The predicted octanol–water partition coefficient (Wildman–Crippen LogP) is 5.04. The van der Waals surface area contributed by atoms with E-state index in [0.29, 0.717) is 12.1 Å². The van der Waals surface area contributed by atoms with Gasteiger partial charge in [-0.1, -0.05) is 35.0 Å². The zero-order valence-electron chi connectivity index (χ0n) is 12.3. The smallest absolute Gasteiger partial charge is 0.131 e. The molecule has 1 atom stereocenters. The van der Waals surface area contributed by atoms with Crippen molar-refractivity contribution >= 4 is 15.9 Å². The van der Waals surface area contributed by atoms with Crippen molar-refractivity contribution in [3.63, 3.8) is 0 Å². The lowest BCUT2D eigenvalue weighted by Gasteiger charge is -2.22. The maximum atomic E-state index is 14.1. The number of aryl methyl sites for hydroxylation is 2. The lowest BCUT2D eigenvalue weighted by molar-refractivity contribution is 0.540. The first-order valence-electron chi connectivity index (χ1n) is 6.89. The van der Waals surface area contributed by atoms with Gasteiger partial charge in [0.1, 0.15) is 11.6 Å². The summed E-state index contributed by atoms with van der Waals surface area (Å²) in [5, 5.41) is 3.29.